The Balaban J connectivity index is 0.00000117. The van der Waals surface area contributed by atoms with Gasteiger partial charge in [0.05, 0.1) is 36.5 Å². The molecular weight excluding hydrogens is 368 g/mol. The number of carbonyl (C=O) groups is 1. The fourth-order valence-electron chi connectivity index (χ4n) is 3.50. The fourth-order valence-corrected chi connectivity index (χ4v) is 3.50. The largest absolute Gasteiger partial charge is 0.487 e. The number of carbonyl (C=O) groups excluding carboxylic acids is 1. The Labute approximate surface area is 172 Å². The molecular formula is C22H30N4O3. The first kappa shape index (κ1) is 21.0. The highest BCUT2D eigenvalue weighted by atomic mass is 16.5. The molecule has 29 heavy (non-hydrogen) atoms. The number of anilines is 2. The van der Waals surface area contributed by atoms with Gasteiger partial charge in [0.25, 0.3) is 5.91 Å². The zero-order valence-corrected chi connectivity index (χ0v) is 17.9. The molecule has 0 spiro atoms. The standard InChI is InChI=1S/C20H24N4O3.C2H6/c1-13-11-22-16(12-21-13)19(25)23-15-8-14-10-20(2,3)27-18(14)9-17(15)24-4-6-26-7-5-24;1-2/h8-9,11-12H,4-7,10H2,1-3H3,(H,23,25);1-2H3. The van der Waals surface area contributed by atoms with Gasteiger partial charge in [-0.25, -0.2) is 4.98 Å². The number of rotatable bonds is 3. The minimum absolute atomic E-state index is 0.240. The summed E-state index contributed by atoms with van der Waals surface area (Å²) in [5, 5.41) is 3.02. The summed E-state index contributed by atoms with van der Waals surface area (Å²) in [6, 6.07) is 4.06. The molecule has 1 fully saturated rings. The van der Waals surface area contributed by atoms with Crippen molar-refractivity contribution in [3.05, 3.63) is 41.5 Å². The van der Waals surface area contributed by atoms with Gasteiger partial charge in [-0.15, -0.1) is 0 Å². The molecule has 0 atom stereocenters. The molecule has 3 heterocycles. The molecule has 1 aromatic heterocycles. The molecule has 4 rings (SSSR count). The molecule has 2 aliphatic heterocycles. The highest BCUT2D eigenvalue weighted by molar-refractivity contribution is 6.04. The Bertz CT molecular complexity index is 859. The van der Waals surface area contributed by atoms with Gasteiger partial charge in [0.15, 0.2) is 0 Å². The molecule has 7 nitrogen and oxygen atoms in total. The summed E-state index contributed by atoms with van der Waals surface area (Å²) in [7, 11) is 0. The lowest BCUT2D eigenvalue weighted by Gasteiger charge is -2.31. The van der Waals surface area contributed by atoms with Crippen molar-refractivity contribution in [1.82, 2.24) is 9.97 Å². The molecule has 2 aromatic rings. The lowest BCUT2D eigenvalue weighted by molar-refractivity contribution is 0.102. The van der Waals surface area contributed by atoms with Crippen LogP contribution < -0.4 is 15.0 Å². The van der Waals surface area contributed by atoms with E-state index in [0.717, 1.165) is 47.9 Å². The summed E-state index contributed by atoms with van der Waals surface area (Å²) in [6.45, 7) is 12.9. The lowest BCUT2D eigenvalue weighted by atomic mass is 10.0. The van der Waals surface area contributed by atoms with Gasteiger partial charge in [-0.05, 0) is 26.8 Å². The third-order valence-electron chi connectivity index (χ3n) is 4.79. The van der Waals surface area contributed by atoms with E-state index in [2.05, 4.69) is 34.0 Å². The fraction of sp³-hybridized carbons (Fsp3) is 0.500. The van der Waals surface area contributed by atoms with Crippen LogP contribution in [0.2, 0.25) is 0 Å². The minimum atomic E-state index is -0.268. The molecule has 0 aliphatic carbocycles. The SMILES string of the molecule is CC.Cc1cnc(C(=O)Nc2cc3c(cc2N2CCOCC2)OC(C)(C)C3)cn1. The van der Waals surface area contributed by atoms with Crippen LogP contribution in [-0.4, -0.2) is 47.8 Å². The van der Waals surface area contributed by atoms with Crippen molar-refractivity contribution < 1.29 is 14.3 Å². The smallest absolute Gasteiger partial charge is 0.275 e. The highest BCUT2D eigenvalue weighted by Gasteiger charge is 2.32. The first-order valence-corrected chi connectivity index (χ1v) is 10.2. The van der Waals surface area contributed by atoms with Gasteiger partial charge in [0.2, 0.25) is 0 Å². The third kappa shape index (κ3) is 4.85. The van der Waals surface area contributed by atoms with Gasteiger partial charge >= 0.3 is 0 Å². The Morgan fingerprint density at radius 2 is 1.86 bits per heavy atom. The lowest BCUT2D eigenvalue weighted by Crippen LogP contribution is -2.36. The van der Waals surface area contributed by atoms with Gasteiger partial charge in [0, 0.05) is 37.3 Å². The maximum atomic E-state index is 12.7. The number of hydrogen-bond acceptors (Lipinski definition) is 6. The number of ether oxygens (including phenoxy) is 2. The average Bonchev–Trinajstić information content (AvgIpc) is 3.03. The number of hydrogen-bond donors (Lipinski definition) is 1. The maximum absolute atomic E-state index is 12.7. The Hall–Kier alpha value is -2.67. The normalized spacial score (nSPS) is 16.9. The Kier molecular flexibility index (Phi) is 6.37. The number of aryl methyl sites for hydroxylation is 1. The molecule has 1 saturated heterocycles. The molecule has 0 unspecified atom stereocenters. The molecule has 1 aromatic carbocycles. The summed E-state index contributed by atoms with van der Waals surface area (Å²) in [5.74, 6) is 0.616. The van der Waals surface area contributed by atoms with Crippen LogP contribution in [0.4, 0.5) is 11.4 Å². The van der Waals surface area contributed by atoms with Gasteiger partial charge in [-0.3, -0.25) is 9.78 Å². The summed E-state index contributed by atoms with van der Waals surface area (Å²) in [5.41, 5.74) is 3.65. The number of nitrogens with zero attached hydrogens (tertiary/aromatic N) is 3. The van der Waals surface area contributed by atoms with Crippen LogP contribution >= 0.6 is 0 Å². The number of amides is 1. The Morgan fingerprint density at radius 1 is 1.14 bits per heavy atom. The number of nitrogens with one attached hydrogen (secondary N) is 1. The second-order valence-corrected chi connectivity index (χ2v) is 7.61. The average molecular weight is 399 g/mol. The van der Waals surface area contributed by atoms with E-state index in [1.807, 2.05) is 32.9 Å². The minimum Gasteiger partial charge on any atom is -0.487 e. The number of aromatic nitrogens is 2. The van der Waals surface area contributed by atoms with Crippen molar-refractivity contribution in [2.24, 2.45) is 0 Å². The van der Waals surface area contributed by atoms with E-state index in [1.54, 1.807) is 6.20 Å². The van der Waals surface area contributed by atoms with E-state index in [0.29, 0.717) is 18.9 Å². The van der Waals surface area contributed by atoms with Crippen LogP contribution in [0.15, 0.2) is 24.5 Å². The van der Waals surface area contributed by atoms with Crippen molar-refractivity contribution in [3.63, 3.8) is 0 Å². The van der Waals surface area contributed by atoms with Gasteiger partial charge in [-0.1, -0.05) is 13.8 Å². The number of fused-ring (bicyclic) bond motifs is 1. The van der Waals surface area contributed by atoms with Gasteiger partial charge < -0.3 is 19.7 Å². The van der Waals surface area contributed by atoms with Crippen LogP contribution in [0, 0.1) is 6.92 Å². The number of benzene rings is 1. The maximum Gasteiger partial charge on any atom is 0.275 e. The van der Waals surface area contributed by atoms with E-state index in [1.165, 1.54) is 6.20 Å². The molecule has 0 bridgehead atoms. The van der Waals surface area contributed by atoms with Crippen LogP contribution in [-0.2, 0) is 11.2 Å². The highest BCUT2D eigenvalue weighted by Crippen LogP contribution is 2.41. The molecule has 0 saturated carbocycles. The summed E-state index contributed by atoms with van der Waals surface area (Å²) >= 11 is 0. The van der Waals surface area contributed by atoms with Crippen molar-refractivity contribution in [3.8, 4) is 5.75 Å². The second-order valence-electron chi connectivity index (χ2n) is 7.61. The molecule has 156 valence electrons. The molecule has 1 N–H and O–H groups in total. The molecule has 0 radical (unpaired) electrons. The molecule has 7 heteroatoms. The van der Waals surface area contributed by atoms with E-state index in [9.17, 15) is 4.79 Å². The first-order valence-electron chi connectivity index (χ1n) is 10.2. The quantitative estimate of drug-likeness (QED) is 0.851. The third-order valence-corrected chi connectivity index (χ3v) is 4.79. The van der Waals surface area contributed by atoms with E-state index < -0.39 is 0 Å². The summed E-state index contributed by atoms with van der Waals surface area (Å²) in [6.07, 6.45) is 3.90. The molecule has 1 amide bonds. The van der Waals surface area contributed by atoms with Crippen molar-refractivity contribution in [2.45, 2.75) is 46.6 Å². The predicted molar refractivity (Wildman–Crippen MR) is 114 cm³/mol. The summed E-state index contributed by atoms with van der Waals surface area (Å²) in [4.78, 5) is 23.3. The van der Waals surface area contributed by atoms with Crippen LogP contribution in [0.5, 0.6) is 5.75 Å². The molecule has 2 aliphatic rings. The number of morpholine rings is 1. The monoisotopic (exact) mass is 398 g/mol. The van der Waals surface area contributed by atoms with Gasteiger partial charge in [-0.2, -0.15) is 0 Å². The van der Waals surface area contributed by atoms with E-state index in [-0.39, 0.29) is 11.5 Å². The topological polar surface area (TPSA) is 76.6 Å². The van der Waals surface area contributed by atoms with Crippen molar-refractivity contribution in [2.75, 3.05) is 36.5 Å². The van der Waals surface area contributed by atoms with Crippen molar-refractivity contribution >= 4 is 17.3 Å². The first-order chi connectivity index (χ1) is 13.9. The van der Waals surface area contributed by atoms with Crippen molar-refractivity contribution in [1.29, 1.82) is 0 Å². The zero-order chi connectivity index (χ0) is 21.0. The van der Waals surface area contributed by atoms with E-state index >= 15 is 0 Å². The van der Waals surface area contributed by atoms with Crippen LogP contribution in [0.25, 0.3) is 0 Å². The second kappa shape index (κ2) is 8.78. The summed E-state index contributed by atoms with van der Waals surface area (Å²) < 4.78 is 11.6. The Morgan fingerprint density at radius 3 is 2.52 bits per heavy atom. The van der Waals surface area contributed by atoms with Crippen LogP contribution in [0.1, 0.15) is 49.4 Å². The predicted octanol–water partition coefficient (Wildman–Crippen LogP) is 3.61. The zero-order valence-electron chi connectivity index (χ0n) is 17.9. The van der Waals surface area contributed by atoms with Crippen LogP contribution in [0.3, 0.4) is 0 Å². The van der Waals surface area contributed by atoms with Gasteiger partial charge in [0.1, 0.15) is 17.0 Å². The van der Waals surface area contributed by atoms with E-state index in [4.69, 9.17) is 9.47 Å².